The molecule has 0 bridgehead atoms. The van der Waals surface area contributed by atoms with Crippen LogP contribution >= 0.6 is 15.9 Å². The van der Waals surface area contributed by atoms with Crippen LogP contribution in [0.25, 0.3) is 0 Å². The zero-order valence-corrected chi connectivity index (χ0v) is 11.2. The van der Waals surface area contributed by atoms with Crippen LogP contribution in [0.4, 0.5) is 0 Å². The van der Waals surface area contributed by atoms with Crippen molar-refractivity contribution in [1.29, 1.82) is 0 Å². The van der Waals surface area contributed by atoms with Crippen LogP contribution < -0.4 is 0 Å². The fourth-order valence-corrected chi connectivity index (χ4v) is 2.69. The van der Waals surface area contributed by atoms with E-state index in [1.165, 1.54) is 30.4 Å². The van der Waals surface area contributed by atoms with Crippen molar-refractivity contribution in [3.63, 3.8) is 0 Å². The van der Waals surface area contributed by atoms with Gasteiger partial charge in [-0.15, -0.1) is 0 Å². The topological polar surface area (TPSA) is 9.23 Å². The van der Waals surface area contributed by atoms with E-state index >= 15 is 0 Å². The first-order valence-corrected chi connectivity index (χ1v) is 7.22. The highest BCUT2D eigenvalue weighted by Crippen LogP contribution is 2.20. The first kappa shape index (κ1) is 12.1. The van der Waals surface area contributed by atoms with Gasteiger partial charge in [0, 0.05) is 18.5 Å². The Kier molecular flexibility index (Phi) is 4.86. The molecular formula is C14H19BrO. The molecule has 0 radical (unpaired) electrons. The lowest BCUT2D eigenvalue weighted by molar-refractivity contribution is 0.0665. The van der Waals surface area contributed by atoms with Crippen molar-refractivity contribution in [3.8, 4) is 0 Å². The number of alkyl halides is 1. The first-order valence-electron chi connectivity index (χ1n) is 6.10. The van der Waals surface area contributed by atoms with Crippen molar-refractivity contribution in [2.24, 2.45) is 5.92 Å². The summed E-state index contributed by atoms with van der Waals surface area (Å²) in [6.45, 7) is 1.90. The van der Waals surface area contributed by atoms with Crippen LogP contribution in [-0.2, 0) is 17.6 Å². The predicted octanol–water partition coefficient (Wildman–Crippen LogP) is 3.59. The molecule has 2 rings (SSSR count). The lowest BCUT2D eigenvalue weighted by atomic mass is 9.92. The molecule has 0 aromatic heterocycles. The normalized spacial score (nSPS) is 17.6. The van der Waals surface area contributed by atoms with E-state index in [1.807, 2.05) is 0 Å². The quantitative estimate of drug-likeness (QED) is 0.767. The number of hydrogen-bond donors (Lipinski definition) is 0. The zero-order valence-electron chi connectivity index (χ0n) is 9.62. The molecule has 0 unspecified atom stereocenters. The average molecular weight is 283 g/mol. The Morgan fingerprint density at radius 3 is 2.31 bits per heavy atom. The molecule has 1 nitrogen and oxygen atoms in total. The van der Waals surface area contributed by atoms with Crippen LogP contribution in [0.5, 0.6) is 0 Å². The molecule has 0 spiro atoms. The maximum absolute atomic E-state index is 5.38. The molecule has 88 valence electrons. The van der Waals surface area contributed by atoms with Crippen molar-refractivity contribution in [2.45, 2.75) is 25.7 Å². The maximum atomic E-state index is 5.38. The molecule has 1 aliphatic rings. The monoisotopic (exact) mass is 282 g/mol. The van der Waals surface area contributed by atoms with Crippen molar-refractivity contribution in [2.75, 3.05) is 18.5 Å². The second-order valence-electron chi connectivity index (χ2n) is 4.52. The number of halogens is 1. The maximum Gasteiger partial charge on any atom is 0.0468 e. The van der Waals surface area contributed by atoms with Gasteiger partial charge in [-0.25, -0.2) is 0 Å². The van der Waals surface area contributed by atoms with Gasteiger partial charge in [0.2, 0.25) is 0 Å². The molecule has 0 N–H and O–H groups in total. The van der Waals surface area contributed by atoms with Crippen molar-refractivity contribution >= 4 is 15.9 Å². The van der Waals surface area contributed by atoms with Crippen LogP contribution in [0.3, 0.4) is 0 Å². The highest BCUT2D eigenvalue weighted by atomic mass is 79.9. The summed E-state index contributed by atoms with van der Waals surface area (Å²) in [5.74, 6) is 0.829. The second-order valence-corrected chi connectivity index (χ2v) is 5.31. The molecule has 0 saturated carbocycles. The van der Waals surface area contributed by atoms with Gasteiger partial charge in [-0.3, -0.25) is 0 Å². The lowest BCUT2D eigenvalue weighted by Gasteiger charge is -2.21. The molecule has 1 fully saturated rings. The molecule has 0 amide bonds. The Morgan fingerprint density at radius 1 is 1.06 bits per heavy atom. The Bertz CT molecular complexity index is 301. The molecule has 1 heterocycles. The van der Waals surface area contributed by atoms with Crippen LogP contribution in [0.15, 0.2) is 24.3 Å². The smallest absolute Gasteiger partial charge is 0.0468 e. The van der Waals surface area contributed by atoms with E-state index in [9.17, 15) is 0 Å². The largest absolute Gasteiger partial charge is 0.381 e. The third-order valence-electron chi connectivity index (χ3n) is 3.27. The number of ether oxygens (including phenoxy) is 1. The molecule has 1 aliphatic heterocycles. The molecule has 2 heteroatoms. The van der Waals surface area contributed by atoms with E-state index in [0.717, 1.165) is 30.9 Å². The highest BCUT2D eigenvalue weighted by molar-refractivity contribution is 9.09. The summed E-state index contributed by atoms with van der Waals surface area (Å²) >= 11 is 3.47. The van der Waals surface area contributed by atoms with Crippen LogP contribution in [0.2, 0.25) is 0 Å². The van der Waals surface area contributed by atoms with Crippen molar-refractivity contribution in [3.05, 3.63) is 35.4 Å². The van der Waals surface area contributed by atoms with E-state index in [4.69, 9.17) is 4.74 Å². The minimum Gasteiger partial charge on any atom is -0.381 e. The summed E-state index contributed by atoms with van der Waals surface area (Å²) in [7, 11) is 0. The lowest BCUT2D eigenvalue weighted by Crippen LogP contribution is -2.17. The average Bonchev–Trinajstić information content (AvgIpc) is 2.33. The minimum absolute atomic E-state index is 0.829. The van der Waals surface area contributed by atoms with Gasteiger partial charge < -0.3 is 4.74 Å². The Hall–Kier alpha value is -0.340. The van der Waals surface area contributed by atoms with E-state index in [2.05, 4.69) is 40.2 Å². The van der Waals surface area contributed by atoms with Crippen LogP contribution in [-0.4, -0.2) is 18.5 Å². The first-order chi connectivity index (χ1) is 7.88. The van der Waals surface area contributed by atoms with Gasteiger partial charge in [0.1, 0.15) is 0 Å². The molecule has 0 aliphatic carbocycles. The van der Waals surface area contributed by atoms with Crippen LogP contribution in [0.1, 0.15) is 24.0 Å². The number of aryl methyl sites for hydroxylation is 1. The number of hydrogen-bond acceptors (Lipinski definition) is 1. The fraction of sp³-hybridized carbons (Fsp3) is 0.571. The Balaban J connectivity index is 1.88. The Labute approximate surface area is 106 Å². The molecule has 0 atom stereocenters. The third kappa shape index (κ3) is 3.60. The Morgan fingerprint density at radius 2 is 1.69 bits per heavy atom. The molecule has 16 heavy (non-hydrogen) atoms. The van der Waals surface area contributed by atoms with Gasteiger partial charge in [-0.2, -0.15) is 0 Å². The van der Waals surface area contributed by atoms with Crippen molar-refractivity contribution < 1.29 is 4.74 Å². The van der Waals surface area contributed by atoms with Gasteiger partial charge in [0.15, 0.2) is 0 Å². The van der Waals surface area contributed by atoms with Gasteiger partial charge in [0.25, 0.3) is 0 Å². The molecule has 1 aromatic rings. The number of rotatable bonds is 4. The number of benzene rings is 1. The third-order valence-corrected chi connectivity index (χ3v) is 3.67. The van der Waals surface area contributed by atoms with E-state index < -0.39 is 0 Å². The SMILES string of the molecule is BrCCc1ccc(CC2CCOCC2)cc1. The predicted molar refractivity (Wildman–Crippen MR) is 71.2 cm³/mol. The fourth-order valence-electron chi connectivity index (χ4n) is 2.23. The van der Waals surface area contributed by atoms with E-state index in [-0.39, 0.29) is 0 Å². The van der Waals surface area contributed by atoms with Crippen LogP contribution in [0, 0.1) is 5.92 Å². The van der Waals surface area contributed by atoms with Crippen molar-refractivity contribution in [1.82, 2.24) is 0 Å². The minimum atomic E-state index is 0.829. The summed E-state index contributed by atoms with van der Waals surface area (Å²) in [4.78, 5) is 0. The summed E-state index contributed by atoms with van der Waals surface area (Å²) in [6.07, 6.45) is 4.79. The summed E-state index contributed by atoms with van der Waals surface area (Å²) in [5.41, 5.74) is 2.90. The highest BCUT2D eigenvalue weighted by Gasteiger charge is 2.13. The van der Waals surface area contributed by atoms with Gasteiger partial charge in [-0.05, 0) is 42.7 Å². The van der Waals surface area contributed by atoms with E-state index in [0.29, 0.717) is 0 Å². The molecular weight excluding hydrogens is 264 g/mol. The summed E-state index contributed by atoms with van der Waals surface area (Å²) in [6, 6.07) is 9.09. The molecule has 1 saturated heterocycles. The standard InChI is InChI=1S/C14H19BrO/c15-8-5-12-1-3-13(4-2-12)11-14-6-9-16-10-7-14/h1-4,14H,5-11H2. The van der Waals surface area contributed by atoms with E-state index in [1.54, 1.807) is 0 Å². The van der Waals surface area contributed by atoms with Gasteiger partial charge in [-0.1, -0.05) is 40.2 Å². The van der Waals surface area contributed by atoms with Gasteiger partial charge in [0.05, 0.1) is 0 Å². The molecule has 1 aromatic carbocycles. The zero-order chi connectivity index (χ0) is 11.2. The summed E-state index contributed by atoms with van der Waals surface area (Å²) in [5, 5.41) is 1.05. The van der Waals surface area contributed by atoms with Gasteiger partial charge >= 0.3 is 0 Å². The second kappa shape index (κ2) is 6.41. The summed E-state index contributed by atoms with van der Waals surface area (Å²) < 4.78 is 5.38.